The molecule has 0 bridgehead atoms. The van der Waals surface area contributed by atoms with Crippen LogP contribution >= 0.6 is 11.8 Å². The van der Waals surface area contributed by atoms with Gasteiger partial charge in [-0.25, -0.2) is 0 Å². The van der Waals surface area contributed by atoms with E-state index in [-0.39, 0.29) is 11.9 Å². The summed E-state index contributed by atoms with van der Waals surface area (Å²) in [6, 6.07) is 16.9. The highest BCUT2D eigenvalue weighted by molar-refractivity contribution is 7.99. The fraction of sp³-hybridized carbons (Fsp3) is 0.318. The molecule has 1 saturated heterocycles. The van der Waals surface area contributed by atoms with Crippen molar-refractivity contribution in [2.24, 2.45) is 0 Å². The number of hydrogen-bond acceptors (Lipinski definition) is 4. The maximum Gasteiger partial charge on any atom is 0.233 e. The fourth-order valence-electron chi connectivity index (χ4n) is 3.61. The minimum absolute atomic E-state index is 0.159. The van der Waals surface area contributed by atoms with Crippen molar-refractivity contribution in [2.75, 3.05) is 12.3 Å². The summed E-state index contributed by atoms with van der Waals surface area (Å²) in [4.78, 5) is 14.9. The number of carbonyl (C=O) groups excluding carboxylic acids is 1. The van der Waals surface area contributed by atoms with Gasteiger partial charge in [0.05, 0.1) is 11.8 Å². The molecule has 1 unspecified atom stereocenters. The SMILES string of the molecule is Cc1ccc(C2CCCN2C(=O)CSc2nncn2-c2ccc(C)cc2)cc1. The monoisotopic (exact) mass is 392 g/mol. The van der Waals surface area contributed by atoms with Crippen LogP contribution in [0.25, 0.3) is 5.69 Å². The standard InChI is InChI=1S/C22H24N4OS/c1-16-5-9-18(10-6-16)20-4-3-13-25(20)21(27)14-28-22-24-23-15-26(22)19-11-7-17(2)8-12-19/h5-12,15,20H,3-4,13-14H2,1-2H3. The second-order valence-electron chi connectivity index (χ2n) is 7.26. The molecule has 0 N–H and O–H groups in total. The lowest BCUT2D eigenvalue weighted by Crippen LogP contribution is -2.32. The number of benzene rings is 2. The van der Waals surface area contributed by atoms with Gasteiger partial charge in [-0.15, -0.1) is 10.2 Å². The number of carbonyl (C=O) groups is 1. The van der Waals surface area contributed by atoms with Crippen molar-refractivity contribution in [1.29, 1.82) is 0 Å². The Morgan fingerprint density at radius 3 is 2.46 bits per heavy atom. The number of amides is 1. The van der Waals surface area contributed by atoms with Crippen LogP contribution in [0.4, 0.5) is 0 Å². The molecule has 1 fully saturated rings. The Labute approximate surface area is 169 Å². The average molecular weight is 393 g/mol. The molecule has 144 valence electrons. The lowest BCUT2D eigenvalue weighted by Gasteiger charge is -2.25. The molecule has 6 heteroatoms. The van der Waals surface area contributed by atoms with E-state index in [2.05, 4.69) is 60.4 Å². The molecule has 2 heterocycles. The van der Waals surface area contributed by atoms with Crippen molar-refractivity contribution in [3.63, 3.8) is 0 Å². The van der Waals surface area contributed by atoms with Gasteiger partial charge in [0.2, 0.25) is 5.91 Å². The van der Waals surface area contributed by atoms with Crippen LogP contribution in [0, 0.1) is 13.8 Å². The summed E-state index contributed by atoms with van der Waals surface area (Å²) in [6.45, 7) is 4.97. The molecular formula is C22H24N4OS. The lowest BCUT2D eigenvalue weighted by molar-refractivity contribution is -0.129. The summed E-state index contributed by atoms with van der Waals surface area (Å²) < 4.78 is 1.93. The number of aromatic nitrogens is 3. The van der Waals surface area contributed by atoms with Gasteiger partial charge in [-0.3, -0.25) is 9.36 Å². The molecule has 4 rings (SSSR count). The van der Waals surface area contributed by atoms with E-state index in [4.69, 9.17) is 0 Å². The second-order valence-corrected chi connectivity index (χ2v) is 8.21. The van der Waals surface area contributed by atoms with Crippen LogP contribution in [0.1, 0.15) is 35.6 Å². The largest absolute Gasteiger partial charge is 0.335 e. The highest BCUT2D eigenvalue weighted by Gasteiger charge is 2.30. The normalized spacial score (nSPS) is 16.5. The van der Waals surface area contributed by atoms with E-state index in [1.165, 1.54) is 28.5 Å². The van der Waals surface area contributed by atoms with Crippen molar-refractivity contribution < 1.29 is 4.79 Å². The van der Waals surface area contributed by atoms with E-state index in [0.29, 0.717) is 5.75 Å². The van der Waals surface area contributed by atoms with E-state index in [9.17, 15) is 4.79 Å². The van der Waals surface area contributed by atoms with E-state index < -0.39 is 0 Å². The molecule has 0 aliphatic carbocycles. The molecule has 1 atom stereocenters. The van der Waals surface area contributed by atoms with Crippen molar-refractivity contribution in [2.45, 2.75) is 37.9 Å². The van der Waals surface area contributed by atoms with E-state index >= 15 is 0 Å². The molecule has 0 radical (unpaired) electrons. The molecule has 28 heavy (non-hydrogen) atoms. The third-order valence-electron chi connectivity index (χ3n) is 5.19. The van der Waals surface area contributed by atoms with E-state index in [1.54, 1.807) is 6.33 Å². The third kappa shape index (κ3) is 3.97. The molecule has 2 aromatic carbocycles. The zero-order chi connectivity index (χ0) is 19.5. The van der Waals surface area contributed by atoms with Gasteiger partial charge in [-0.2, -0.15) is 0 Å². The Morgan fingerprint density at radius 2 is 1.75 bits per heavy atom. The molecular weight excluding hydrogens is 368 g/mol. The number of hydrogen-bond donors (Lipinski definition) is 0. The second kappa shape index (κ2) is 8.19. The molecule has 1 aliphatic heterocycles. The molecule has 1 aliphatic rings. The zero-order valence-corrected chi connectivity index (χ0v) is 17.0. The first-order chi connectivity index (χ1) is 13.6. The minimum atomic E-state index is 0.159. The summed E-state index contributed by atoms with van der Waals surface area (Å²) >= 11 is 1.45. The summed E-state index contributed by atoms with van der Waals surface area (Å²) in [7, 11) is 0. The summed E-state index contributed by atoms with van der Waals surface area (Å²) in [5, 5.41) is 8.98. The fourth-order valence-corrected chi connectivity index (χ4v) is 4.43. The number of rotatable bonds is 5. The minimum Gasteiger partial charge on any atom is -0.335 e. The first kappa shape index (κ1) is 18.7. The van der Waals surface area contributed by atoms with Crippen LogP contribution in [-0.2, 0) is 4.79 Å². The van der Waals surface area contributed by atoms with Crippen LogP contribution in [0.2, 0.25) is 0 Å². The quantitative estimate of drug-likeness (QED) is 0.606. The molecule has 1 aromatic heterocycles. The Hall–Kier alpha value is -2.60. The topological polar surface area (TPSA) is 51.0 Å². The van der Waals surface area contributed by atoms with Crippen LogP contribution < -0.4 is 0 Å². The van der Waals surface area contributed by atoms with Crippen molar-refractivity contribution in [3.8, 4) is 5.69 Å². The van der Waals surface area contributed by atoms with Gasteiger partial charge in [0.25, 0.3) is 0 Å². The van der Waals surface area contributed by atoms with Crippen LogP contribution in [0.15, 0.2) is 60.0 Å². The van der Waals surface area contributed by atoms with Gasteiger partial charge in [-0.1, -0.05) is 59.3 Å². The summed E-state index contributed by atoms with van der Waals surface area (Å²) in [5.74, 6) is 0.527. The van der Waals surface area contributed by atoms with Gasteiger partial charge in [0.15, 0.2) is 5.16 Å². The van der Waals surface area contributed by atoms with E-state index in [0.717, 1.165) is 30.2 Å². The number of thioether (sulfide) groups is 1. The van der Waals surface area contributed by atoms with Crippen molar-refractivity contribution >= 4 is 17.7 Å². The van der Waals surface area contributed by atoms with E-state index in [1.807, 2.05) is 21.6 Å². The number of aryl methyl sites for hydroxylation is 2. The van der Waals surface area contributed by atoms with Crippen molar-refractivity contribution in [1.82, 2.24) is 19.7 Å². The lowest BCUT2D eigenvalue weighted by atomic mass is 10.0. The van der Waals surface area contributed by atoms with Crippen LogP contribution in [0.5, 0.6) is 0 Å². The molecule has 5 nitrogen and oxygen atoms in total. The predicted octanol–water partition coefficient (Wildman–Crippen LogP) is 4.34. The zero-order valence-electron chi connectivity index (χ0n) is 16.2. The van der Waals surface area contributed by atoms with Crippen molar-refractivity contribution in [3.05, 3.63) is 71.5 Å². The first-order valence-corrected chi connectivity index (χ1v) is 10.6. The Bertz CT molecular complexity index is 949. The maximum atomic E-state index is 12.9. The molecule has 0 spiro atoms. The highest BCUT2D eigenvalue weighted by Crippen LogP contribution is 2.33. The van der Waals surface area contributed by atoms with Gasteiger partial charge in [0, 0.05) is 12.2 Å². The average Bonchev–Trinajstić information content (AvgIpc) is 3.37. The Balaban J connectivity index is 1.44. The summed E-state index contributed by atoms with van der Waals surface area (Å²) in [6.07, 6.45) is 3.77. The maximum absolute atomic E-state index is 12.9. The number of likely N-dealkylation sites (tertiary alicyclic amines) is 1. The third-order valence-corrected chi connectivity index (χ3v) is 6.12. The highest BCUT2D eigenvalue weighted by atomic mass is 32.2. The molecule has 1 amide bonds. The number of nitrogens with zero attached hydrogens (tertiary/aromatic N) is 4. The summed E-state index contributed by atoms with van der Waals surface area (Å²) in [5.41, 5.74) is 4.68. The first-order valence-electron chi connectivity index (χ1n) is 9.58. The van der Waals surface area contributed by atoms with Gasteiger partial charge in [0.1, 0.15) is 6.33 Å². The Kier molecular flexibility index (Phi) is 5.48. The van der Waals surface area contributed by atoms with Gasteiger partial charge in [-0.05, 0) is 44.4 Å². The predicted molar refractivity (Wildman–Crippen MR) is 112 cm³/mol. The Morgan fingerprint density at radius 1 is 1.07 bits per heavy atom. The van der Waals surface area contributed by atoms with Crippen LogP contribution in [0.3, 0.4) is 0 Å². The molecule has 3 aromatic rings. The van der Waals surface area contributed by atoms with Gasteiger partial charge >= 0.3 is 0 Å². The smallest absolute Gasteiger partial charge is 0.233 e. The van der Waals surface area contributed by atoms with Gasteiger partial charge < -0.3 is 4.90 Å². The van der Waals surface area contributed by atoms with Crippen LogP contribution in [-0.4, -0.2) is 37.9 Å². The molecule has 0 saturated carbocycles.